The van der Waals surface area contributed by atoms with Crippen LogP contribution in [0.2, 0.25) is 0 Å². The van der Waals surface area contributed by atoms with Gasteiger partial charge in [-0.05, 0) is 55.0 Å². The van der Waals surface area contributed by atoms with E-state index in [1.165, 1.54) is 0 Å². The van der Waals surface area contributed by atoms with Gasteiger partial charge in [0.05, 0.1) is 6.54 Å². The number of carbonyl (C=O) groups excluding carboxylic acids is 1. The van der Waals surface area contributed by atoms with Crippen LogP contribution in [0.25, 0.3) is 0 Å². The lowest BCUT2D eigenvalue weighted by Crippen LogP contribution is -2.12. The Morgan fingerprint density at radius 3 is 2.68 bits per heavy atom. The highest BCUT2D eigenvalue weighted by Gasteiger charge is 2.11. The predicted octanol–water partition coefficient (Wildman–Crippen LogP) is 4.71. The van der Waals surface area contributed by atoms with Crippen LogP contribution in [-0.4, -0.2) is 27.3 Å². The summed E-state index contributed by atoms with van der Waals surface area (Å²) in [4.78, 5) is 16.8. The Labute approximate surface area is 180 Å². The Morgan fingerprint density at radius 2 is 1.87 bits per heavy atom. The molecule has 0 bridgehead atoms. The largest absolute Gasteiger partial charge is 0.492 e. The number of anilines is 1. The molecule has 4 aromatic rings. The van der Waals surface area contributed by atoms with Crippen LogP contribution in [0.5, 0.6) is 17.2 Å². The molecule has 7 heteroatoms. The molecule has 1 amide bonds. The molecule has 156 valence electrons. The van der Waals surface area contributed by atoms with Crippen molar-refractivity contribution in [2.75, 3.05) is 11.9 Å². The maximum atomic E-state index is 12.8. The summed E-state index contributed by atoms with van der Waals surface area (Å²) in [6, 6.07) is 18.1. The van der Waals surface area contributed by atoms with E-state index in [1.807, 2.05) is 43.5 Å². The first-order valence-corrected chi connectivity index (χ1v) is 9.87. The van der Waals surface area contributed by atoms with Crippen molar-refractivity contribution in [3.63, 3.8) is 0 Å². The van der Waals surface area contributed by atoms with Gasteiger partial charge < -0.3 is 14.8 Å². The lowest BCUT2D eigenvalue weighted by atomic mass is 10.1. The molecule has 2 aromatic carbocycles. The molecule has 7 nitrogen and oxygen atoms in total. The van der Waals surface area contributed by atoms with Gasteiger partial charge in [-0.25, -0.2) is 0 Å². The maximum Gasteiger partial charge on any atom is 0.255 e. The summed E-state index contributed by atoms with van der Waals surface area (Å²) in [6.07, 6.45) is 6.93. The van der Waals surface area contributed by atoms with E-state index in [1.54, 1.807) is 53.6 Å². The van der Waals surface area contributed by atoms with Crippen molar-refractivity contribution in [2.24, 2.45) is 0 Å². The second-order valence-corrected chi connectivity index (χ2v) is 6.86. The molecule has 0 spiro atoms. The van der Waals surface area contributed by atoms with Gasteiger partial charge in [0.1, 0.15) is 23.9 Å². The zero-order valence-corrected chi connectivity index (χ0v) is 17.1. The number of aromatic nitrogens is 3. The lowest BCUT2D eigenvalue weighted by molar-refractivity contribution is 0.102. The fourth-order valence-electron chi connectivity index (χ4n) is 2.94. The number of hydrogen-bond donors (Lipinski definition) is 1. The van der Waals surface area contributed by atoms with E-state index in [2.05, 4.69) is 15.4 Å². The van der Waals surface area contributed by atoms with Gasteiger partial charge in [-0.1, -0.05) is 12.1 Å². The van der Waals surface area contributed by atoms with Crippen molar-refractivity contribution in [2.45, 2.75) is 13.5 Å². The zero-order chi connectivity index (χ0) is 21.5. The van der Waals surface area contributed by atoms with Gasteiger partial charge >= 0.3 is 0 Å². The van der Waals surface area contributed by atoms with Crippen molar-refractivity contribution in [3.8, 4) is 17.2 Å². The smallest absolute Gasteiger partial charge is 0.255 e. The van der Waals surface area contributed by atoms with Crippen LogP contribution in [0.3, 0.4) is 0 Å². The van der Waals surface area contributed by atoms with Gasteiger partial charge in [0.25, 0.3) is 5.91 Å². The zero-order valence-electron chi connectivity index (χ0n) is 17.1. The van der Waals surface area contributed by atoms with E-state index in [0.29, 0.717) is 41.7 Å². The normalized spacial score (nSPS) is 10.5. The number of aryl methyl sites for hydroxylation is 1. The van der Waals surface area contributed by atoms with Gasteiger partial charge in [0.15, 0.2) is 0 Å². The van der Waals surface area contributed by atoms with Crippen LogP contribution in [0.15, 0.2) is 85.5 Å². The second-order valence-electron chi connectivity index (χ2n) is 6.86. The van der Waals surface area contributed by atoms with Gasteiger partial charge in [-0.3, -0.25) is 14.5 Å². The van der Waals surface area contributed by atoms with Crippen molar-refractivity contribution >= 4 is 11.6 Å². The summed E-state index contributed by atoms with van der Waals surface area (Å²) in [5.74, 6) is 1.73. The molecule has 31 heavy (non-hydrogen) atoms. The number of carbonyl (C=O) groups is 1. The molecular formula is C24H22N4O3. The Morgan fingerprint density at radius 1 is 1.00 bits per heavy atom. The van der Waals surface area contributed by atoms with Crippen LogP contribution >= 0.6 is 0 Å². The highest BCUT2D eigenvalue weighted by atomic mass is 16.5. The number of hydrogen-bond acceptors (Lipinski definition) is 5. The maximum absolute atomic E-state index is 12.8. The monoisotopic (exact) mass is 414 g/mol. The first-order valence-electron chi connectivity index (χ1n) is 9.87. The molecule has 0 atom stereocenters. The van der Waals surface area contributed by atoms with Crippen LogP contribution in [0.1, 0.15) is 15.9 Å². The Balaban J connectivity index is 1.40. The van der Waals surface area contributed by atoms with E-state index in [4.69, 9.17) is 9.47 Å². The number of nitrogens with one attached hydrogen (secondary N) is 1. The topological polar surface area (TPSA) is 78.3 Å². The van der Waals surface area contributed by atoms with Crippen molar-refractivity contribution in [1.29, 1.82) is 0 Å². The molecule has 0 aliphatic carbocycles. The number of pyridine rings is 1. The molecule has 0 saturated heterocycles. The number of amides is 1. The fourth-order valence-corrected chi connectivity index (χ4v) is 2.94. The Bertz CT molecular complexity index is 1140. The van der Waals surface area contributed by atoms with E-state index in [0.717, 1.165) is 5.56 Å². The number of nitrogens with zero attached hydrogens (tertiary/aromatic N) is 3. The third kappa shape index (κ3) is 5.48. The van der Waals surface area contributed by atoms with E-state index >= 15 is 0 Å². The summed E-state index contributed by atoms with van der Waals surface area (Å²) in [5, 5.41) is 7.05. The molecular weight excluding hydrogens is 392 g/mol. The SMILES string of the molecule is Cc1ccc(C(=O)Nc2cccc(OCCn3cccn3)c2)cc1Oc1ccncc1. The van der Waals surface area contributed by atoms with Crippen LogP contribution in [-0.2, 0) is 6.54 Å². The minimum Gasteiger partial charge on any atom is -0.492 e. The summed E-state index contributed by atoms with van der Waals surface area (Å²) < 4.78 is 13.5. The van der Waals surface area contributed by atoms with Crippen molar-refractivity contribution in [1.82, 2.24) is 14.8 Å². The molecule has 4 rings (SSSR count). The summed E-state index contributed by atoms with van der Waals surface area (Å²) in [5.41, 5.74) is 2.08. The molecule has 0 fully saturated rings. The van der Waals surface area contributed by atoms with Crippen LogP contribution in [0.4, 0.5) is 5.69 Å². The average Bonchev–Trinajstić information content (AvgIpc) is 3.30. The average molecular weight is 414 g/mol. The van der Waals surface area contributed by atoms with Crippen LogP contribution < -0.4 is 14.8 Å². The minimum absolute atomic E-state index is 0.228. The first kappa shape index (κ1) is 20.2. The van der Waals surface area contributed by atoms with Gasteiger partial charge in [0, 0.05) is 42.1 Å². The highest BCUT2D eigenvalue weighted by Crippen LogP contribution is 2.26. The van der Waals surface area contributed by atoms with Crippen molar-refractivity contribution < 1.29 is 14.3 Å². The standard InChI is InChI=1S/C24H22N4O3/c1-18-6-7-19(16-23(18)31-21-8-11-25-12-9-21)24(29)27-20-4-2-5-22(17-20)30-15-14-28-13-3-10-26-28/h2-13,16-17H,14-15H2,1H3,(H,27,29). The molecule has 1 N–H and O–H groups in total. The van der Waals surface area contributed by atoms with Crippen LogP contribution in [0, 0.1) is 6.92 Å². The number of rotatable bonds is 8. The van der Waals surface area contributed by atoms with E-state index < -0.39 is 0 Å². The molecule has 0 saturated carbocycles. The summed E-state index contributed by atoms with van der Waals surface area (Å²) in [7, 11) is 0. The second kappa shape index (κ2) is 9.58. The third-order valence-electron chi connectivity index (χ3n) is 4.57. The van der Waals surface area contributed by atoms with Gasteiger partial charge in [0.2, 0.25) is 0 Å². The van der Waals surface area contributed by atoms with Gasteiger partial charge in [-0.15, -0.1) is 0 Å². The quantitative estimate of drug-likeness (QED) is 0.452. The number of ether oxygens (including phenoxy) is 2. The summed E-state index contributed by atoms with van der Waals surface area (Å²) in [6.45, 7) is 3.06. The molecule has 2 aromatic heterocycles. The number of benzene rings is 2. The molecule has 0 aliphatic rings. The van der Waals surface area contributed by atoms with Crippen molar-refractivity contribution in [3.05, 3.63) is 96.6 Å². The first-order chi connectivity index (χ1) is 15.2. The Hall–Kier alpha value is -4.13. The van der Waals surface area contributed by atoms with E-state index in [-0.39, 0.29) is 5.91 Å². The fraction of sp³-hybridized carbons (Fsp3) is 0.125. The van der Waals surface area contributed by atoms with E-state index in [9.17, 15) is 4.79 Å². The lowest BCUT2D eigenvalue weighted by Gasteiger charge is -2.12. The molecule has 0 unspecified atom stereocenters. The third-order valence-corrected chi connectivity index (χ3v) is 4.57. The Kier molecular flexibility index (Phi) is 6.23. The molecule has 0 radical (unpaired) electrons. The van der Waals surface area contributed by atoms with Gasteiger partial charge in [-0.2, -0.15) is 5.10 Å². The summed E-state index contributed by atoms with van der Waals surface area (Å²) >= 11 is 0. The molecule has 0 aliphatic heterocycles. The predicted molar refractivity (Wildman–Crippen MR) is 118 cm³/mol. The highest BCUT2D eigenvalue weighted by molar-refractivity contribution is 6.04. The molecule has 2 heterocycles. The minimum atomic E-state index is -0.228.